The largest absolute Gasteiger partial charge is 0.496 e. The SMILES string of the molecule is CCC(=O)c1nc[nH]c1C(=O)Nc1ccc(NC(=O)c2c(OC)cccc2OC)cc1. The van der Waals surface area contributed by atoms with Crippen LogP contribution in [0.1, 0.15) is 44.7 Å². The standard InChI is InChI=1S/C22H22N4O5/c1-4-15(27)19-20(24-12-23-19)22(29)26-14-10-8-13(9-11-14)25-21(28)18-16(30-2)6-5-7-17(18)31-3/h5-12H,4H2,1-3H3,(H,23,24)(H,25,28)(H,26,29). The molecule has 0 aliphatic rings. The van der Waals surface area contributed by atoms with E-state index in [0.29, 0.717) is 22.9 Å². The maximum atomic E-state index is 12.7. The number of Topliss-reactive ketones (excluding diaryl/α,β-unsaturated/α-hetero) is 1. The van der Waals surface area contributed by atoms with E-state index in [1.54, 1.807) is 49.4 Å². The molecule has 0 spiro atoms. The highest BCUT2D eigenvalue weighted by atomic mass is 16.5. The van der Waals surface area contributed by atoms with E-state index in [2.05, 4.69) is 20.6 Å². The van der Waals surface area contributed by atoms with Crippen molar-refractivity contribution in [2.45, 2.75) is 13.3 Å². The number of nitrogens with one attached hydrogen (secondary N) is 3. The maximum Gasteiger partial charge on any atom is 0.274 e. The van der Waals surface area contributed by atoms with Gasteiger partial charge in [0.25, 0.3) is 11.8 Å². The zero-order chi connectivity index (χ0) is 22.4. The van der Waals surface area contributed by atoms with Gasteiger partial charge >= 0.3 is 0 Å². The molecule has 9 heteroatoms. The van der Waals surface area contributed by atoms with Gasteiger partial charge in [-0.2, -0.15) is 0 Å². The highest BCUT2D eigenvalue weighted by Gasteiger charge is 2.20. The van der Waals surface area contributed by atoms with Gasteiger partial charge in [0.2, 0.25) is 0 Å². The topological polar surface area (TPSA) is 122 Å². The van der Waals surface area contributed by atoms with Gasteiger partial charge in [0, 0.05) is 17.8 Å². The van der Waals surface area contributed by atoms with Crippen LogP contribution in [-0.2, 0) is 0 Å². The molecule has 3 aromatic rings. The van der Waals surface area contributed by atoms with Gasteiger partial charge in [0.1, 0.15) is 28.5 Å². The molecule has 1 aromatic heterocycles. The van der Waals surface area contributed by atoms with Crippen molar-refractivity contribution in [1.82, 2.24) is 9.97 Å². The molecule has 0 unspecified atom stereocenters. The number of aromatic nitrogens is 2. The van der Waals surface area contributed by atoms with Crippen LogP contribution in [0.25, 0.3) is 0 Å². The molecule has 0 radical (unpaired) electrons. The Morgan fingerprint density at radius 3 is 1.97 bits per heavy atom. The third-order valence-electron chi connectivity index (χ3n) is 4.51. The molecule has 0 saturated heterocycles. The zero-order valence-corrected chi connectivity index (χ0v) is 17.3. The molecular formula is C22H22N4O5. The Morgan fingerprint density at radius 1 is 0.903 bits per heavy atom. The number of ketones is 1. The molecule has 0 atom stereocenters. The molecule has 0 aliphatic carbocycles. The summed E-state index contributed by atoms with van der Waals surface area (Å²) in [7, 11) is 2.95. The Labute approximate surface area is 178 Å². The predicted octanol–water partition coefficient (Wildman–Crippen LogP) is 3.52. The highest BCUT2D eigenvalue weighted by Crippen LogP contribution is 2.29. The number of ether oxygens (including phenoxy) is 2. The number of amides is 2. The Balaban J connectivity index is 1.72. The average Bonchev–Trinajstić information content (AvgIpc) is 3.29. The molecule has 2 aromatic carbocycles. The Hall–Kier alpha value is -4.14. The lowest BCUT2D eigenvalue weighted by Crippen LogP contribution is -2.17. The van der Waals surface area contributed by atoms with E-state index in [4.69, 9.17) is 9.47 Å². The second-order valence-corrected chi connectivity index (χ2v) is 6.43. The van der Waals surface area contributed by atoms with Crippen LogP contribution in [0, 0.1) is 0 Å². The smallest absolute Gasteiger partial charge is 0.274 e. The molecule has 2 amide bonds. The third kappa shape index (κ3) is 4.72. The minimum absolute atomic E-state index is 0.104. The fourth-order valence-electron chi connectivity index (χ4n) is 2.95. The summed E-state index contributed by atoms with van der Waals surface area (Å²) in [5.41, 5.74) is 1.49. The van der Waals surface area contributed by atoms with E-state index in [1.165, 1.54) is 20.5 Å². The summed E-state index contributed by atoms with van der Waals surface area (Å²) in [5.74, 6) is -0.331. The normalized spacial score (nSPS) is 10.3. The lowest BCUT2D eigenvalue weighted by Gasteiger charge is -2.13. The van der Waals surface area contributed by atoms with E-state index in [9.17, 15) is 14.4 Å². The fraction of sp³-hybridized carbons (Fsp3) is 0.182. The number of benzene rings is 2. The summed E-state index contributed by atoms with van der Waals surface area (Å²) < 4.78 is 10.5. The fourth-order valence-corrected chi connectivity index (χ4v) is 2.95. The van der Waals surface area contributed by atoms with Crippen LogP contribution in [-0.4, -0.2) is 41.8 Å². The Kier molecular flexibility index (Phi) is 6.66. The summed E-state index contributed by atoms with van der Waals surface area (Å²) in [6, 6.07) is 11.6. The lowest BCUT2D eigenvalue weighted by atomic mass is 10.1. The van der Waals surface area contributed by atoms with Crippen molar-refractivity contribution < 1.29 is 23.9 Å². The van der Waals surface area contributed by atoms with Crippen molar-refractivity contribution in [2.75, 3.05) is 24.9 Å². The maximum absolute atomic E-state index is 12.7. The van der Waals surface area contributed by atoms with Gasteiger partial charge in [-0.3, -0.25) is 14.4 Å². The highest BCUT2D eigenvalue weighted by molar-refractivity contribution is 6.11. The first kappa shape index (κ1) is 21.6. The third-order valence-corrected chi connectivity index (χ3v) is 4.51. The van der Waals surface area contributed by atoms with E-state index < -0.39 is 11.8 Å². The van der Waals surface area contributed by atoms with Crippen LogP contribution in [0.5, 0.6) is 11.5 Å². The number of nitrogens with zero attached hydrogens (tertiary/aromatic N) is 1. The number of rotatable bonds is 8. The number of aromatic amines is 1. The zero-order valence-electron chi connectivity index (χ0n) is 17.3. The summed E-state index contributed by atoms with van der Waals surface area (Å²) in [5, 5.41) is 5.47. The number of hydrogen-bond donors (Lipinski definition) is 3. The van der Waals surface area contributed by atoms with Crippen LogP contribution in [0.3, 0.4) is 0 Å². The van der Waals surface area contributed by atoms with E-state index in [0.717, 1.165) is 0 Å². The summed E-state index contributed by atoms with van der Waals surface area (Å²) in [6.45, 7) is 1.70. The molecule has 1 heterocycles. The Bertz CT molecular complexity index is 1080. The van der Waals surface area contributed by atoms with Crippen LogP contribution >= 0.6 is 0 Å². The van der Waals surface area contributed by atoms with Gasteiger partial charge < -0.3 is 25.1 Å². The minimum atomic E-state index is -0.482. The van der Waals surface area contributed by atoms with Gasteiger partial charge in [-0.05, 0) is 36.4 Å². The summed E-state index contributed by atoms with van der Waals surface area (Å²) in [4.78, 5) is 43.7. The van der Waals surface area contributed by atoms with E-state index >= 15 is 0 Å². The number of carbonyl (C=O) groups excluding carboxylic acids is 3. The van der Waals surface area contributed by atoms with Crippen LogP contribution < -0.4 is 20.1 Å². The van der Waals surface area contributed by atoms with Crippen molar-refractivity contribution in [3.63, 3.8) is 0 Å². The first-order valence-corrected chi connectivity index (χ1v) is 9.48. The second kappa shape index (κ2) is 9.57. The number of imidazole rings is 1. The molecule has 3 rings (SSSR count). The Morgan fingerprint density at radius 2 is 1.45 bits per heavy atom. The van der Waals surface area contributed by atoms with Crippen LogP contribution in [0.2, 0.25) is 0 Å². The minimum Gasteiger partial charge on any atom is -0.496 e. The van der Waals surface area contributed by atoms with Crippen LogP contribution in [0.4, 0.5) is 11.4 Å². The summed E-state index contributed by atoms with van der Waals surface area (Å²) >= 11 is 0. The van der Waals surface area contributed by atoms with Crippen LogP contribution in [0.15, 0.2) is 48.8 Å². The van der Waals surface area contributed by atoms with Gasteiger partial charge in [-0.15, -0.1) is 0 Å². The average molecular weight is 422 g/mol. The molecule has 31 heavy (non-hydrogen) atoms. The van der Waals surface area contributed by atoms with E-state index in [-0.39, 0.29) is 29.2 Å². The first-order valence-electron chi connectivity index (χ1n) is 9.48. The summed E-state index contributed by atoms with van der Waals surface area (Å²) in [6.07, 6.45) is 1.55. The monoisotopic (exact) mass is 422 g/mol. The number of H-pyrrole nitrogens is 1. The molecule has 9 nitrogen and oxygen atoms in total. The van der Waals surface area contributed by atoms with Crippen molar-refractivity contribution in [2.24, 2.45) is 0 Å². The van der Waals surface area contributed by atoms with Gasteiger partial charge in [0.05, 0.1) is 20.5 Å². The van der Waals surface area contributed by atoms with Crippen molar-refractivity contribution in [1.29, 1.82) is 0 Å². The van der Waals surface area contributed by atoms with Crippen molar-refractivity contribution >= 4 is 29.0 Å². The lowest BCUT2D eigenvalue weighted by molar-refractivity contribution is 0.0963. The molecule has 0 aliphatic heterocycles. The number of hydrogen-bond acceptors (Lipinski definition) is 6. The second-order valence-electron chi connectivity index (χ2n) is 6.43. The quantitative estimate of drug-likeness (QED) is 0.478. The molecular weight excluding hydrogens is 400 g/mol. The first-order chi connectivity index (χ1) is 15.0. The number of methoxy groups -OCH3 is 2. The number of carbonyl (C=O) groups is 3. The van der Waals surface area contributed by atoms with E-state index in [1.807, 2.05) is 0 Å². The van der Waals surface area contributed by atoms with Crippen molar-refractivity contribution in [3.8, 4) is 11.5 Å². The molecule has 3 N–H and O–H groups in total. The number of anilines is 2. The van der Waals surface area contributed by atoms with Gasteiger partial charge in [-0.25, -0.2) is 4.98 Å². The predicted molar refractivity (Wildman–Crippen MR) is 115 cm³/mol. The molecule has 0 fully saturated rings. The molecule has 160 valence electrons. The van der Waals surface area contributed by atoms with Gasteiger partial charge in [0.15, 0.2) is 5.78 Å². The molecule has 0 bridgehead atoms. The van der Waals surface area contributed by atoms with Crippen molar-refractivity contribution in [3.05, 3.63) is 65.7 Å². The molecule has 0 saturated carbocycles. The van der Waals surface area contributed by atoms with Gasteiger partial charge in [-0.1, -0.05) is 13.0 Å².